The van der Waals surface area contributed by atoms with Crippen molar-refractivity contribution in [2.75, 3.05) is 11.4 Å². The molecule has 0 amide bonds. The Hall–Kier alpha value is -1.81. The standard InChI is InChI=1S/C16H22N4/c1-13(2)18-11-14-3-5-15(6-4-14)20-10-9-19-8-7-17-16(19)12-20/h3-8,13,18H,9-12H2,1-2H3. The van der Waals surface area contributed by atoms with Crippen molar-refractivity contribution in [3.63, 3.8) is 0 Å². The number of hydrogen-bond donors (Lipinski definition) is 1. The van der Waals surface area contributed by atoms with Crippen molar-refractivity contribution in [1.82, 2.24) is 14.9 Å². The lowest BCUT2D eigenvalue weighted by Gasteiger charge is -2.29. The average molecular weight is 270 g/mol. The first kappa shape index (κ1) is 13.2. The zero-order chi connectivity index (χ0) is 13.9. The molecule has 1 aromatic heterocycles. The van der Waals surface area contributed by atoms with Crippen LogP contribution in [0.1, 0.15) is 25.2 Å². The molecule has 4 nitrogen and oxygen atoms in total. The smallest absolute Gasteiger partial charge is 0.128 e. The van der Waals surface area contributed by atoms with Crippen LogP contribution < -0.4 is 10.2 Å². The monoisotopic (exact) mass is 270 g/mol. The fourth-order valence-corrected chi connectivity index (χ4v) is 2.54. The highest BCUT2D eigenvalue weighted by Gasteiger charge is 2.16. The molecular formula is C16H22N4. The maximum atomic E-state index is 4.41. The summed E-state index contributed by atoms with van der Waals surface area (Å²) >= 11 is 0. The van der Waals surface area contributed by atoms with E-state index in [1.807, 2.05) is 6.20 Å². The number of fused-ring (bicyclic) bond motifs is 1. The Balaban J connectivity index is 1.66. The minimum atomic E-state index is 0.524. The van der Waals surface area contributed by atoms with Crippen molar-refractivity contribution in [1.29, 1.82) is 0 Å². The Morgan fingerprint density at radius 2 is 2.00 bits per heavy atom. The van der Waals surface area contributed by atoms with Crippen molar-refractivity contribution < 1.29 is 0 Å². The van der Waals surface area contributed by atoms with Crippen LogP contribution >= 0.6 is 0 Å². The molecule has 1 aromatic carbocycles. The van der Waals surface area contributed by atoms with E-state index in [2.05, 4.69) is 64.1 Å². The lowest BCUT2D eigenvalue weighted by atomic mass is 10.1. The minimum Gasteiger partial charge on any atom is -0.362 e. The Morgan fingerprint density at radius 3 is 2.75 bits per heavy atom. The third-order valence-electron chi connectivity index (χ3n) is 3.76. The van der Waals surface area contributed by atoms with Gasteiger partial charge >= 0.3 is 0 Å². The van der Waals surface area contributed by atoms with Crippen molar-refractivity contribution in [2.45, 2.75) is 39.5 Å². The molecule has 2 aromatic rings. The van der Waals surface area contributed by atoms with Crippen LogP contribution in [0.4, 0.5) is 5.69 Å². The van der Waals surface area contributed by atoms with E-state index in [0.29, 0.717) is 6.04 Å². The number of aromatic nitrogens is 2. The van der Waals surface area contributed by atoms with Gasteiger partial charge in [0.1, 0.15) is 5.82 Å². The van der Waals surface area contributed by atoms with Gasteiger partial charge in [-0.05, 0) is 17.7 Å². The number of hydrogen-bond acceptors (Lipinski definition) is 3. The number of imidazole rings is 1. The first-order valence-electron chi connectivity index (χ1n) is 7.29. The molecule has 0 saturated heterocycles. The van der Waals surface area contributed by atoms with Crippen molar-refractivity contribution in [3.8, 4) is 0 Å². The molecule has 20 heavy (non-hydrogen) atoms. The Kier molecular flexibility index (Phi) is 3.74. The van der Waals surface area contributed by atoms with Gasteiger partial charge in [-0.1, -0.05) is 26.0 Å². The summed E-state index contributed by atoms with van der Waals surface area (Å²) in [5, 5.41) is 3.44. The van der Waals surface area contributed by atoms with Gasteiger partial charge < -0.3 is 14.8 Å². The van der Waals surface area contributed by atoms with Crippen molar-refractivity contribution in [2.24, 2.45) is 0 Å². The lowest BCUT2D eigenvalue weighted by Crippen LogP contribution is -2.33. The zero-order valence-corrected chi connectivity index (χ0v) is 12.2. The first-order chi connectivity index (χ1) is 9.72. The summed E-state index contributed by atoms with van der Waals surface area (Å²) in [6.07, 6.45) is 3.95. The predicted octanol–water partition coefficient (Wildman–Crippen LogP) is 2.40. The maximum absolute atomic E-state index is 4.41. The lowest BCUT2D eigenvalue weighted by molar-refractivity contribution is 0.560. The molecule has 0 atom stereocenters. The van der Waals surface area contributed by atoms with Gasteiger partial charge in [-0.15, -0.1) is 0 Å². The van der Waals surface area contributed by atoms with Crippen LogP contribution in [0.25, 0.3) is 0 Å². The second-order valence-electron chi connectivity index (χ2n) is 5.66. The highest BCUT2D eigenvalue weighted by molar-refractivity contribution is 5.48. The molecule has 2 heterocycles. The Bertz CT molecular complexity index is 556. The van der Waals surface area contributed by atoms with Gasteiger partial charge in [0.15, 0.2) is 0 Å². The van der Waals surface area contributed by atoms with Gasteiger partial charge in [-0.25, -0.2) is 4.98 Å². The predicted molar refractivity (Wildman–Crippen MR) is 81.7 cm³/mol. The van der Waals surface area contributed by atoms with Crippen LogP contribution in [-0.4, -0.2) is 22.1 Å². The number of benzene rings is 1. The summed E-state index contributed by atoms with van der Waals surface area (Å²) < 4.78 is 2.23. The molecule has 0 aliphatic carbocycles. The summed E-state index contributed by atoms with van der Waals surface area (Å²) in [5.41, 5.74) is 2.62. The molecule has 0 spiro atoms. The molecule has 0 bridgehead atoms. The third-order valence-corrected chi connectivity index (χ3v) is 3.76. The summed E-state index contributed by atoms with van der Waals surface area (Å²) in [6, 6.07) is 9.39. The molecule has 1 aliphatic rings. The van der Waals surface area contributed by atoms with Crippen molar-refractivity contribution >= 4 is 5.69 Å². The molecule has 1 aliphatic heterocycles. The highest BCUT2D eigenvalue weighted by Crippen LogP contribution is 2.20. The van der Waals surface area contributed by atoms with Crippen LogP contribution in [0.5, 0.6) is 0 Å². The van der Waals surface area contributed by atoms with E-state index < -0.39 is 0 Å². The topological polar surface area (TPSA) is 33.1 Å². The van der Waals surface area contributed by atoms with E-state index in [9.17, 15) is 0 Å². The molecule has 0 radical (unpaired) electrons. The van der Waals surface area contributed by atoms with Gasteiger partial charge in [0, 0.05) is 43.8 Å². The number of anilines is 1. The quantitative estimate of drug-likeness (QED) is 0.926. The molecule has 4 heteroatoms. The van der Waals surface area contributed by atoms with E-state index in [1.165, 1.54) is 11.3 Å². The van der Waals surface area contributed by atoms with Crippen LogP contribution in [0, 0.1) is 0 Å². The number of rotatable bonds is 4. The number of nitrogens with one attached hydrogen (secondary N) is 1. The highest BCUT2D eigenvalue weighted by atomic mass is 15.2. The Morgan fingerprint density at radius 1 is 1.20 bits per heavy atom. The minimum absolute atomic E-state index is 0.524. The zero-order valence-electron chi connectivity index (χ0n) is 12.2. The Labute approximate surface area is 120 Å². The molecule has 0 fully saturated rings. The summed E-state index contributed by atoms with van der Waals surface area (Å²) in [7, 11) is 0. The maximum Gasteiger partial charge on any atom is 0.128 e. The average Bonchev–Trinajstić information content (AvgIpc) is 2.93. The summed E-state index contributed by atoms with van der Waals surface area (Å²) in [6.45, 7) is 8.24. The second kappa shape index (κ2) is 5.67. The molecule has 3 rings (SSSR count). The van der Waals surface area contributed by atoms with Gasteiger partial charge in [-0.3, -0.25) is 0 Å². The molecular weight excluding hydrogens is 248 g/mol. The third kappa shape index (κ3) is 2.85. The first-order valence-corrected chi connectivity index (χ1v) is 7.29. The van der Waals surface area contributed by atoms with Gasteiger partial charge in [0.25, 0.3) is 0 Å². The summed E-state index contributed by atoms with van der Waals surface area (Å²) in [4.78, 5) is 6.80. The number of nitrogens with zero attached hydrogens (tertiary/aromatic N) is 3. The fourth-order valence-electron chi connectivity index (χ4n) is 2.54. The summed E-state index contributed by atoms with van der Waals surface area (Å²) in [5.74, 6) is 1.15. The van der Waals surface area contributed by atoms with Crippen LogP contribution in [0.15, 0.2) is 36.7 Å². The van der Waals surface area contributed by atoms with E-state index in [0.717, 1.165) is 32.0 Å². The van der Waals surface area contributed by atoms with Crippen LogP contribution in [0.2, 0.25) is 0 Å². The molecule has 0 saturated carbocycles. The van der Waals surface area contributed by atoms with Gasteiger partial charge in [0.05, 0.1) is 6.54 Å². The molecule has 106 valence electrons. The van der Waals surface area contributed by atoms with Crippen LogP contribution in [-0.2, 0) is 19.6 Å². The van der Waals surface area contributed by atoms with E-state index in [1.54, 1.807) is 0 Å². The normalized spacial score (nSPS) is 14.7. The van der Waals surface area contributed by atoms with Crippen molar-refractivity contribution in [3.05, 3.63) is 48.0 Å². The van der Waals surface area contributed by atoms with Gasteiger partial charge in [0.2, 0.25) is 0 Å². The van der Waals surface area contributed by atoms with Gasteiger partial charge in [-0.2, -0.15) is 0 Å². The van der Waals surface area contributed by atoms with E-state index in [-0.39, 0.29) is 0 Å². The van der Waals surface area contributed by atoms with E-state index in [4.69, 9.17) is 0 Å². The molecule has 0 unspecified atom stereocenters. The molecule has 1 N–H and O–H groups in total. The largest absolute Gasteiger partial charge is 0.362 e. The van der Waals surface area contributed by atoms with Crippen LogP contribution in [0.3, 0.4) is 0 Å². The fraction of sp³-hybridized carbons (Fsp3) is 0.438. The second-order valence-corrected chi connectivity index (χ2v) is 5.66. The SMILES string of the molecule is CC(C)NCc1ccc(N2CCn3ccnc3C2)cc1. The van der Waals surface area contributed by atoms with E-state index >= 15 is 0 Å².